The van der Waals surface area contributed by atoms with Crippen LogP contribution in [0.4, 0.5) is 24.9 Å². The summed E-state index contributed by atoms with van der Waals surface area (Å²) in [4.78, 5) is 20.3. The van der Waals surface area contributed by atoms with E-state index in [-0.39, 0.29) is 31.0 Å². The van der Waals surface area contributed by atoms with Gasteiger partial charge in [0.25, 0.3) is 5.56 Å². The molecule has 0 N–H and O–H groups in total. The van der Waals surface area contributed by atoms with Gasteiger partial charge in [0, 0.05) is 37.3 Å². The van der Waals surface area contributed by atoms with Crippen molar-refractivity contribution in [2.24, 2.45) is 0 Å². The Kier molecular flexibility index (Phi) is 5.92. The Bertz CT molecular complexity index is 960. The summed E-state index contributed by atoms with van der Waals surface area (Å²) in [6, 6.07) is 6.75. The molecule has 1 aromatic carbocycles. The van der Waals surface area contributed by atoms with E-state index >= 15 is 0 Å². The molecule has 10 heteroatoms. The molecule has 2 aliphatic rings. The molecule has 0 aliphatic carbocycles. The van der Waals surface area contributed by atoms with Gasteiger partial charge in [-0.2, -0.15) is 18.2 Å². The molecule has 0 amide bonds. The standard InChI is InChI=1S/C20H22ClF3N4O2/c21-15-3-1-2-14(12-15)4-6-27-16(20(22,23)24)5-7-28-18(29)13-17(25-19(27)28)26-8-10-30-11-9-26/h1-3,12-13,16H,4-11H2. The van der Waals surface area contributed by atoms with Gasteiger partial charge in [0.05, 0.1) is 13.2 Å². The second-order valence-corrected chi connectivity index (χ2v) is 7.86. The molecule has 2 aliphatic heterocycles. The maximum absolute atomic E-state index is 13.8. The zero-order valence-electron chi connectivity index (χ0n) is 16.2. The van der Waals surface area contributed by atoms with Gasteiger partial charge in [0.1, 0.15) is 11.9 Å². The molecule has 0 radical (unpaired) electrons. The van der Waals surface area contributed by atoms with E-state index in [1.165, 1.54) is 15.5 Å². The lowest BCUT2D eigenvalue weighted by Crippen LogP contribution is -2.53. The Morgan fingerprint density at radius 3 is 2.63 bits per heavy atom. The summed E-state index contributed by atoms with van der Waals surface area (Å²) >= 11 is 6.01. The minimum absolute atomic E-state index is 0.0115. The van der Waals surface area contributed by atoms with Crippen LogP contribution >= 0.6 is 11.6 Å². The fourth-order valence-electron chi connectivity index (χ4n) is 3.95. The summed E-state index contributed by atoms with van der Waals surface area (Å²) in [5, 5.41) is 0.530. The number of fused-ring (bicyclic) bond motifs is 1. The summed E-state index contributed by atoms with van der Waals surface area (Å²) in [6.45, 7) is 2.13. The van der Waals surface area contributed by atoms with E-state index < -0.39 is 12.2 Å². The zero-order valence-corrected chi connectivity index (χ0v) is 17.0. The Morgan fingerprint density at radius 1 is 1.17 bits per heavy atom. The topological polar surface area (TPSA) is 50.6 Å². The average molecular weight is 443 g/mol. The first-order chi connectivity index (χ1) is 14.3. The van der Waals surface area contributed by atoms with Crippen molar-refractivity contribution >= 4 is 23.4 Å². The second-order valence-electron chi connectivity index (χ2n) is 7.42. The van der Waals surface area contributed by atoms with Gasteiger partial charge in [0.2, 0.25) is 5.95 Å². The number of anilines is 2. The van der Waals surface area contributed by atoms with E-state index in [0.717, 1.165) is 5.56 Å². The van der Waals surface area contributed by atoms with Crippen LogP contribution in [-0.4, -0.2) is 54.6 Å². The van der Waals surface area contributed by atoms with E-state index in [9.17, 15) is 18.0 Å². The number of benzene rings is 1. The van der Waals surface area contributed by atoms with Gasteiger partial charge < -0.3 is 14.5 Å². The van der Waals surface area contributed by atoms with Crippen molar-refractivity contribution in [1.29, 1.82) is 0 Å². The number of rotatable bonds is 4. The molecule has 6 nitrogen and oxygen atoms in total. The third-order valence-corrected chi connectivity index (χ3v) is 5.71. The maximum atomic E-state index is 13.8. The smallest absolute Gasteiger partial charge is 0.378 e. The van der Waals surface area contributed by atoms with Crippen LogP contribution in [0.3, 0.4) is 0 Å². The number of halogens is 4. The zero-order chi connectivity index (χ0) is 21.3. The van der Waals surface area contributed by atoms with E-state index in [1.54, 1.807) is 18.2 Å². The van der Waals surface area contributed by atoms with Crippen molar-refractivity contribution < 1.29 is 17.9 Å². The van der Waals surface area contributed by atoms with Crippen LogP contribution in [0.2, 0.25) is 5.02 Å². The Labute approximate surface area is 176 Å². The normalized spacial score (nSPS) is 19.7. The van der Waals surface area contributed by atoms with Crippen LogP contribution < -0.4 is 15.4 Å². The van der Waals surface area contributed by atoms with Crippen LogP contribution in [-0.2, 0) is 17.7 Å². The molecule has 1 unspecified atom stereocenters. The van der Waals surface area contributed by atoms with Crippen molar-refractivity contribution in [1.82, 2.24) is 9.55 Å². The summed E-state index contributed by atoms with van der Waals surface area (Å²) < 4.78 is 48.1. The lowest BCUT2D eigenvalue weighted by atomic mass is 10.1. The summed E-state index contributed by atoms with van der Waals surface area (Å²) in [5.41, 5.74) is 0.488. The Morgan fingerprint density at radius 2 is 1.93 bits per heavy atom. The Hall–Kier alpha value is -2.26. The van der Waals surface area contributed by atoms with Crippen molar-refractivity contribution in [2.45, 2.75) is 31.6 Å². The van der Waals surface area contributed by atoms with Crippen LogP contribution in [0, 0.1) is 0 Å². The van der Waals surface area contributed by atoms with Gasteiger partial charge in [-0.05, 0) is 30.5 Å². The average Bonchev–Trinajstić information content (AvgIpc) is 2.72. The van der Waals surface area contributed by atoms with Crippen LogP contribution in [0.1, 0.15) is 12.0 Å². The van der Waals surface area contributed by atoms with Crippen LogP contribution in [0.25, 0.3) is 0 Å². The van der Waals surface area contributed by atoms with Gasteiger partial charge in [-0.1, -0.05) is 23.7 Å². The van der Waals surface area contributed by atoms with Crippen molar-refractivity contribution in [3.05, 3.63) is 51.3 Å². The van der Waals surface area contributed by atoms with Gasteiger partial charge in [0.15, 0.2) is 0 Å². The molecule has 30 heavy (non-hydrogen) atoms. The van der Waals surface area contributed by atoms with E-state index in [0.29, 0.717) is 43.6 Å². The molecular weight excluding hydrogens is 421 g/mol. The molecule has 2 aromatic rings. The quantitative estimate of drug-likeness (QED) is 0.728. The second kappa shape index (κ2) is 8.47. The molecular formula is C20H22ClF3N4O2. The van der Waals surface area contributed by atoms with Crippen molar-refractivity contribution in [2.75, 3.05) is 42.6 Å². The van der Waals surface area contributed by atoms with Gasteiger partial charge in [-0.15, -0.1) is 0 Å². The first-order valence-electron chi connectivity index (χ1n) is 9.85. The number of morpholine rings is 1. The molecule has 0 spiro atoms. The number of hydrogen-bond acceptors (Lipinski definition) is 5. The first kappa shape index (κ1) is 21.0. The van der Waals surface area contributed by atoms with Gasteiger partial charge in [-0.3, -0.25) is 9.36 Å². The fourth-order valence-corrected chi connectivity index (χ4v) is 4.16. The third kappa shape index (κ3) is 4.41. The summed E-state index contributed by atoms with van der Waals surface area (Å²) in [6.07, 6.45) is -4.26. The first-order valence-corrected chi connectivity index (χ1v) is 10.2. The van der Waals surface area contributed by atoms with Crippen LogP contribution in [0.15, 0.2) is 35.1 Å². The highest BCUT2D eigenvalue weighted by Gasteiger charge is 2.46. The molecule has 1 fully saturated rings. The predicted octanol–water partition coefficient (Wildman–Crippen LogP) is 3.12. The minimum atomic E-state index is -4.42. The molecule has 1 saturated heterocycles. The molecule has 1 atom stereocenters. The molecule has 3 heterocycles. The molecule has 1 aromatic heterocycles. The van der Waals surface area contributed by atoms with Crippen molar-refractivity contribution in [3.8, 4) is 0 Å². The SMILES string of the molecule is O=c1cc(N2CCOCC2)nc2n1CCC(C(F)(F)F)N2CCc1cccc(Cl)c1. The fraction of sp³-hybridized carbons (Fsp3) is 0.500. The lowest BCUT2D eigenvalue weighted by molar-refractivity contribution is -0.152. The number of alkyl halides is 3. The number of aromatic nitrogens is 2. The molecule has 162 valence electrons. The highest BCUT2D eigenvalue weighted by atomic mass is 35.5. The highest BCUT2D eigenvalue weighted by molar-refractivity contribution is 6.30. The molecule has 0 bridgehead atoms. The highest BCUT2D eigenvalue weighted by Crippen LogP contribution is 2.34. The van der Waals surface area contributed by atoms with E-state index in [2.05, 4.69) is 4.98 Å². The minimum Gasteiger partial charge on any atom is -0.378 e. The molecule has 4 rings (SSSR count). The van der Waals surface area contributed by atoms with E-state index in [4.69, 9.17) is 16.3 Å². The van der Waals surface area contributed by atoms with Crippen LogP contribution in [0.5, 0.6) is 0 Å². The van der Waals surface area contributed by atoms with E-state index in [1.807, 2.05) is 11.0 Å². The monoisotopic (exact) mass is 442 g/mol. The largest absolute Gasteiger partial charge is 0.408 e. The summed E-state index contributed by atoms with van der Waals surface area (Å²) in [7, 11) is 0. The molecule has 0 saturated carbocycles. The number of ether oxygens (including phenoxy) is 1. The van der Waals surface area contributed by atoms with Gasteiger partial charge in [-0.25, -0.2) is 0 Å². The number of hydrogen-bond donors (Lipinski definition) is 0. The summed E-state index contributed by atoms with van der Waals surface area (Å²) in [5.74, 6) is 0.463. The lowest BCUT2D eigenvalue weighted by Gasteiger charge is -2.39. The van der Waals surface area contributed by atoms with Gasteiger partial charge >= 0.3 is 6.18 Å². The van der Waals surface area contributed by atoms with Crippen molar-refractivity contribution in [3.63, 3.8) is 0 Å². The number of nitrogens with zero attached hydrogens (tertiary/aromatic N) is 4. The maximum Gasteiger partial charge on any atom is 0.408 e. The Balaban J connectivity index is 1.69. The third-order valence-electron chi connectivity index (χ3n) is 5.48. The predicted molar refractivity (Wildman–Crippen MR) is 108 cm³/mol.